The van der Waals surface area contributed by atoms with E-state index < -0.39 is 0 Å². The van der Waals surface area contributed by atoms with Gasteiger partial charge in [0.1, 0.15) is 5.82 Å². The molecule has 2 atom stereocenters. The van der Waals surface area contributed by atoms with Crippen molar-refractivity contribution in [3.63, 3.8) is 0 Å². The van der Waals surface area contributed by atoms with Crippen molar-refractivity contribution in [1.29, 1.82) is 0 Å². The van der Waals surface area contributed by atoms with Gasteiger partial charge in [-0.3, -0.25) is 0 Å². The Morgan fingerprint density at radius 3 is 3.00 bits per heavy atom. The van der Waals surface area contributed by atoms with Gasteiger partial charge in [0.2, 0.25) is 0 Å². The average Bonchev–Trinajstić information content (AvgIpc) is 2.80. The van der Waals surface area contributed by atoms with Crippen LogP contribution in [0.15, 0.2) is 16.7 Å². The van der Waals surface area contributed by atoms with Crippen molar-refractivity contribution < 1.29 is 0 Å². The van der Waals surface area contributed by atoms with Crippen molar-refractivity contribution in [2.75, 3.05) is 17.6 Å². The summed E-state index contributed by atoms with van der Waals surface area (Å²) in [7, 11) is 0. The zero-order valence-electron chi connectivity index (χ0n) is 8.13. The van der Waals surface area contributed by atoms with E-state index in [1.165, 1.54) is 6.42 Å². The number of nitrogens with one attached hydrogen (secondary N) is 1. The Morgan fingerprint density at radius 2 is 2.43 bits per heavy atom. The molecule has 1 heterocycles. The molecular formula is C10H14BrN3. The molecule has 0 aromatic carbocycles. The molecule has 0 aliphatic heterocycles. The number of rotatable bonds is 3. The van der Waals surface area contributed by atoms with Crippen LogP contribution in [-0.4, -0.2) is 11.5 Å². The number of aromatic nitrogens is 1. The zero-order valence-corrected chi connectivity index (χ0v) is 9.71. The maximum absolute atomic E-state index is 5.60. The first-order valence-electron chi connectivity index (χ1n) is 4.81. The molecule has 1 aliphatic rings. The standard InChI is InChI=1S/C10H14BrN3/c1-6-2-7(6)4-13-10-9(11)3-8(12)5-14-10/h3,5-7H,2,4,12H2,1H3,(H,13,14). The molecule has 3 N–H and O–H groups in total. The number of pyridine rings is 1. The van der Waals surface area contributed by atoms with Gasteiger partial charge in [0, 0.05) is 6.54 Å². The third-order valence-corrected chi connectivity index (χ3v) is 3.27. The third-order valence-electron chi connectivity index (χ3n) is 2.67. The van der Waals surface area contributed by atoms with E-state index in [2.05, 4.69) is 33.2 Å². The van der Waals surface area contributed by atoms with Gasteiger partial charge in [-0.2, -0.15) is 0 Å². The Hall–Kier alpha value is -0.770. The van der Waals surface area contributed by atoms with Crippen molar-refractivity contribution >= 4 is 27.4 Å². The van der Waals surface area contributed by atoms with Crippen molar-refractivity contribution in [3.05, 3.63) is 16.7 Å². The fourth-order valence-electron chi connectivity index (χ4n) is 1.49. The van der Waals surface area contributed by atoms with Crippen LogP contribution < -0.4 is 11.1 Å². The predicted octanol–water partition coefficient (Wildman–Crippen LogP) is 2.49. The second kappa shape index (κ2) is 3.77. The smallest absolute Gasteiger partial charge is 0.140 e. The van der Waals surface area contributed by atoms with E-state index in [4.69, 9.17) is 5.73 Å². The SMILES string of the molecule is CC1CC1CNc1ncc(N)cc1Br. The van der Waals surface area contributed by atoms with Gasteiger partial charge in [0.25, 0.3) is 0 Å². The molecule has 1 aliphatic carbocycles. The number of anilines is 2. The lowest BCUT2D eigenvalue weighted by atomic mass is 10.3. The zero-order chi connectivity index (χ0) is 10.1. The van der Waals surface area contributed by atoms with E-state index in [0.29, 0.717) is 5.69 Å². The van der Waals surface area contributed by atoms with Crippen LogP contribution in [0.5, 0.6) is 0 Å². The summed E-state index contributed by atoms with van der Waals surface area (Å²) in [5.41, 5.74) is 6.28. The first kappa shape index (κ1) is 9.77. The highest BCUT2D eigenvalue weighted by atomic mass is 79.9. The van der Waals surface area contributed by atoms with Crippen LogP contribution in [0.25, 0.3) is 0 Å². The second-order valence-electron chi connectivity index (χ2n) is 3.95. The minimum absolute atomic E-state index is 0.683. The van der Waals surface area contributed by atoms with Crippen LogP contribution in [-0.2, 0) is 0 Å². The summed E-state index contributed by atoms with van der Waals surface area (Å²) >= 11 is 3.43. The Bertz CT molecular complexity index is 340. The lowest BCUT2D eigenvalue weighted by Gasteiger charge is -2.06. The molecule has 0 amide bonds. The topological polar surface area (TPSA) is 50.9 Å². The normalized spacial score (nSPS) is 24.7. The number of nitrogens with two attached hydrogens (primary N) is 1. The van der Waals surface area contributed by atoms with E-state index in [9.17, 15) is 0 Å². The molecule has 1 aromatic rings. The van der Waals surface area contributed by atoms with Crippen LogP contribution in [0, 0.1) is 11.8 Å². The summed E-state index contributed by atoms with van der Waals surface area (Å²) in [6, 6.07) is 1.87. The van der Waals surface area contributed by atoms with E-state index >= 15 is 0 Å². The highest BCUT2D eigenvalue weighted by molar-refractivity contribution is 9.10. The van der Waals surface area contributed by atoms with E-state index in [1.54, 1.807) is 6.20 Å². The summed E-state index contributed by atoms with van der Waals surface area (Å²) in [4.78, 5) is 4.22. The van der Waals surface area contributed by atoms with E-state index in [-0.39, 0.29) is 0 Å². The molecule has 0 spiro atoms. The van der Waals surface area contributed by atoms with Crippen LogP contribution in [0.3, 0.4) is 0 Å². The molecule has 14 heavy (non-hydrogen) atoms. The first-order valence-corrected chi connectivity index (χ1v) is 5.61. The predicted molar refractivity (Wildman–Crippen MR) is 62.1 cm³/mol. The van der Waals surface area contributed by atoms with Crippen molar-refractivity contribution in [2.45, 2.75) is 13.3 Å². The molecule has 4 heteroatoms. The Labute approximate surface area is 92.2 Å². The maximum Gasteiger partial charge on any atom is 0.140 e. The summed E-state index contributed by atoms with van der Waals surface area (Å²) in [6.07, 6.45) is 3.00. The molecule has 76 valence electrons. The Kier molecular flexibility index (Phi) is 2.63. The first-order chi connectivity index (χ1) is 6.66. The lowest BCUT2D eigenvalue weighted by molar-refractivity contribution is 0.784. The van der Waals surface area contributed by atoms with Crippen LogP contribution >= 0.6 is 15.9 Å². The van der Waals surface area contributed by atoms with Gasteiger partial charge in [0.05, 0.1) is 16.4 Å². The fourth-order valence-corrected chi connectivity index (χ4v) is 2.00. The maximum atomic E-state index is 5.60. The highest BCUT2D eigenvalue weighted by Gasteiger charge is 2.32. The summed E-state index contributed by atoms with van der Waals surface area (Å²) in [5, 5.41) is 3.32. The summed E-state index contributed by atoms with van der Waals surface area (Å²) in [5.74, 6) is 2.58. The number of hydrogen-bond acceptors (Lipinski definition) is 3. The molecule has 1 aromatic heterocycles. The number of halogens is 1. The second-order valence-corrected chi connectivity index (χ2v) is 4.81. The molecule has 1 fully saturated rings. The van der Waals surface area contributed by atoms with E-state index in [0.717, 1.165) is 28.7 Å². The molecule has 0 bridgehead atoms. The minimum atomic E-state index is 0.683. The van der Waals surface area contributed by atoms with Gasteiger partial charge in [-0.1, -0.05) is 6.92 Å². The Balaban J connectivity index is 1.95. The lowest BCUT2D eigenvalue weighted by Crippen LogP contribution is -2.06. The Morgan fingerprint density at radius 1 is 1.71 bits per heavy atom. The quantitative estimate of drug-likeness (QED) is 0.873. The van der Waals surface area contributed by atoms with Crippen molar-refractivity contribution in [3.8, 4) is 0 Å². The van der Waals surface area contributed by atoms with Gasteiger partial charge in [-0.15, -0.1) is 0 Å². The number of nitrogens with zero attached hydrogens (tertiary/aromatic N) is 1. The van der Waals surface area contributed by atoms with Gasteiger partial charge in [-0.25, -0.2) is 4.98 Å². The van der Waals surface area contributed by atoms with Crippen LogP contribution in [0.1, 0.15) is 13.3 Å². The van der Waals surface area contributed by atoms with Gasteiger partial charge >= 0.3 is 0 Å². The largest absolute Gasteiger partial charge is 0.397 e. The molecule has 1 saturated carbocycles. The molecule has 2 rings (SSSR count). The third kappa shape index (κ3) is 2.18. The van der Waals surface area contributed by atoms with Gasteiger partial charge in [-0.05, 0) is 40.3 Å². The average molecular weight is 256 g/mol. The van der Waals surface area contributed by atoms with Crippen molar-refractivity contribution in [2.24, 2.45) is 11.8 Å². The van der Waals surface area contributed by atoms with Gasteiger partial charge < -0.3 is 11.1 Å². The molecule has 0 saturated heterocycles. The van der Waals surface area contributed by atoms with Crippen molar-refractivity contribution in [1.82, 2.24) is 4.98 Å². The summed E-state index contributed by atoms with van der Waals surface area (Å²) in [6.45, 7) is 3.29. The van der Waals surface area contributed by atoms with Crippen LogP contribution in [0.4, 0.5) is 11.5 Å². The fraction of sp³-hybridized carbons (Fsp3) is 0.500. The number of hydrogen-bond donors (Lipinski definition) is 2. The molecule has 0 radical (unpaired) electrons. The van der Waals surface area contributed by atoms with Gasteiger partial charge in [0.15, 0.2) is 0 Å². The molecule has 3 nitrogen and oxygen atoms in total. The van der Waals surface area contributed by atoms with Crippen LogP contribution in [0.2, 0.25) is 0 Å². The minimum Gasteiger partial charge on any atom is -0.397 e. The van der Waals surface area contributed by atoms with E-state index in [1.807, 2.05) is 6.07 Å². The molecular weight excluding hydrogens is 242 g/mol. The monoisotopic (exact) mass is 255 g/mol. The molecule has 2 unspecified atom stereocenters. The summed E-state index contributed by atoms with van der Waals surface area (Å²) < 4.78 is 0.936. The number of nitrogen functional groups attached to an aromatic ring is 1. The highest BCUT2D eigenvalue weighted by Crippen LogP contribution is 2.37.